The van der Waals surface area contributed by atoms with Gasteiger partial charge in [0.2, 0.25) is 5.78 Å². The molecule has 1 spiro atoms. The fourth-order valence-corrected chi connectivity index (χ4v) is 5.87. The van der Waals surface area contributed by atoms with Crippen LogP contribution in [0.5, 0.6) is 0 Å². The second-order valence-corrected chi connectivity index (χ2v) is 9.57. The minimum Gasteiger partial charge on any atom is -0.468 e. The van der Waals surface area contributed by atoms with Gasteiger partial charge in [-0.05, 0) is 30.9 Å². The van der Waals surface area contributed by atoms with Gasteiger partial charge in [-0.2, -0.15) is 0 Å². The minimum atomic E-state index is -1.91. The van der Waals surface area contributed by atoms with Crippen LogP contribution in [0.1, 0.15) is 19.8 Å². The molecule has 3 atom stereocenters. The molecule has 2 unspecified atom stereocenters. The number of carbonyl (C=O) groups is 3. The molecule has 154 valence electrons. The fourth-order valence-electron chi connectivity index (χ4n) is 3.84. The molecule has 0 saturated heterocycles. The van der Waals surface area contributed by atoms with Crippen molar-refractivity contribution in [3.8, 4) is 0 Å². The lowest BCUT2D eigenvalue weighted by Gasteiger charge is -2.44. The summed E-state index contributed by atoms with van der Waals surface area (Å²) >= 11 is 2.42. The molecule has 0 aliphatic heterocycles. The van der Waals surface area contributed by atoms with Gasteiger partial charge in [-0.15, -0.1) is 23.5 Å². The number of ether oxygens (including phenoxy) is 2. The van der Waals surface area contributed by atoms with Gasteiger partial charge in [-0.25, -0.2) is 0 Å². The number of Topliss-reactive ketones (excluding diaryl/α,β-unsaturated/α-hetero) is 1. The second-order valence-electron chi connectivity index (χ2n) is 7.45. The first-order chi connectivity index (χ1) is 13.1. The Kier molecular flexibility index (Phi) is 5.75. The summed E-state index contributed by atoms with van der Waals surface area (Å²) in [6.07, 6.45) is 4.94. The van der Waals surface area contributed by atoms with Gasteiger partial charge in [-0.3, -0.25) is 14.4 Å². The van der Waals surface area contributed by atoms with Crippen molar-refractivity contribution < 1.29 is 34.1 Å². The lowest BCUT2D eigenvalue weighted by atomic mass is 9.67. The highest BCUT2D eigenvalue weighted by atomic mass is 32.2. The van der Waals surface area contributed by atoms with Crippen LogP contribution in [0.3, 0.4) is 0 Å². The number of fused-ring (bicyclic) bond motifs is 1. The van der Waals surface area contributed by atoms with Crippen LogP contribution >= 0.6 is 23.5 Å². The number of rotatable bonds is 7. The highest BCUT2D eigenvalue weighted by molar-refractivity contribution is 8.01. The average molecular weight is 429 g/mol. The van der Waals surface area contributed by atoms with Gasteiger partial charge in [0.15, 0.2) is 5.60 Å². The minimum absolute atomic E-state index is 0.0313. The van der Waals surface area contributed by atoms with Crippen LogP contribution in [-0.2, 0) is 23.9 Å². The molecule has 0 aromatic carbocycles. The molecule has 3 aliphatic rings. The van der Waals surface area contributed by atoms with Gasteiger partial charge < -0.3 is 19.7 Å². The maximum absolute atomic E-state index is 13.2. The third-order valence-corrected chi connectivity index (χ3v) is 8.00. The lowest BCUT2D eigenvalue weighted by Crippen LogP contribution is -2.62. The molecule has 1 saturated carbocycles. The summed E-state index contributed by atoms with van der Waals surface area (Å²) in [6, 6.07) is 0. The molecule has 0 amide bonds. The van der Waals surface area contributed by atoms with Crippen molar-refractivity contribution in [3.05, 3.63) is 23.3 Å². The molecule has 28 heavy (non-hydrogen) atoms. The molecule has 0 radical (unpaired) electrons. The summed E-state index contributed by atoms with van der Waals surface area (Å²) < 4.78 is 9.30. The molecular formula is C19H24O7S2. The maximum Gasteiger partial charge on any atom is 0.315 e. The van der Waals surface area contributed by atoms with Crippen molar-refractivity contribution in [1.29, 1.82) is 0 Å². The molecule has 0 aromatic rings. The predicted octanol–water partition coefficient (Wildman–Crippen LogP) is 0.879. The van der Waals surface area contributed by atoms with E-state index >= 15 is 0 Å². The summed E-state index contributed by atoms with van der Waals surface area (Å²) in [4.78, 5) is 36.2. The second kappa shape index (κ2) is 7.51. The highest BCUT2D eigenvalue weighted by Gasteiger charge is 2.69. The molecule has 7 nitrogen and oxygen atoms in total. The largest absolute Gasteiger partial charge is 0.468 e. The Morgan fingerprint density at radius 3 is 2.36 bits per heavy atom. The van der Waals surface area contributed by atoms with Gasteiger partial charge in [0, 0.05) is 11.2 Å². The topological polar surface area (TPSA) is 110 Å². The third kappa shape index (κ3) is 3.32. The van der Waals surface area contributed by atoms with Crippen molar-refractivity contribution in [3.63, 3.8) is 0 Å². The number of thioether (sulfide) groups is 2. The summed E-state index contributed by atoms with van der Waals surface area (Å²) in [5, 5.41) is 21.6. The van der Waals surface area contributed by atoms with Crippen molar-refractivity contribution in [2.75, 3.05) is 31.5 Å². The average Bonchev–Trinajstić information content (AvgIpc) is 3.41. The first-order valence-electron chi connectivity index (χ1n) is 8.89. The summed E-state index contributed by atoms with van der Waals surface area (Å²) in [5.74, 6) is -0.932. The monoisotopic (exact) mass is 428 g/mol. The van der Waals surface area contributed by atoms with Gasteiger partial charge in [0.1, 0.15) is 5.60 Å². The molecule has 0 heterocycles. The first-order valence-corrected chi connectivity index (χ1v) is 11.1. The maximum atomic E-state index is 13.2. The summed E-state index contributed by atoms with van der Waals surface area (Å²) in [7, 11) is 2.59. The van der Waals surface area contributed by atoms with Crippen LogP contribution in [0.4, 0.5) is 0 Å². The number of aliphatic hydroxyl groups is 2. The van der Waals surface area contributed by atoms with E-state index in [0.717, 1.165) is 17.3 Å². The number of hydrogen-bond acceptors (Lipinski definition) is 9. The van der Waals surface area contributed by atoms with Crippen molar-refractivity contribution in [2.45, 2.75) is 36.2 Å². The van der Waals surface area contributed by atoms with E-state index in [1.807, 2.05) is 6.08 Å². The van der Waals surface area contributed by atoms with Gasteiger partial charge in [0.05, 0.1) is 31.0 Å². The third-order valence-electron chi connectivity index (χ3n) is 5.80. The van der Waals surface area contributed by atoms with Crippen LogP contribution in [0.25, 0.3) is 0 Å². The van der Waals surface area contributed by atoms with Gasteiger partial charge in [0.25, 0.3) is 0 Å². The van der Waals surface area contributed by atoms with E-state index in [9.17, 15) is 24.6 Å². The van der Waals surface area contributed by atoms with E-state index < -0.39 is 33.6 Å². The molecule has 0 bridgehead atoms. The molecule has 9 heteroatoms. The Labute approximate surface area is 171 Å². The normalized spacial score (nSPS) is 32.5. The van der Waals surface area contributed by atoms with E-state index in [2.05, 4.69) is 9.47 Å². The van der Waals surface area contributed by atoms with Crippen molar-refractivity contribution in [2.24, 2.45) is 5.41 Å². The molecule has 3 rings (SSSR count). The van der Waals surface area contributed by atoms with Crippen LogP contribution in [0.2, 0.25) is 0 Å². The van der Waals surface area contributed by atoms with Crippen molar-refractivity contribution in [1.82, 2.24) is 0 Å². The van der Waals surface area contributed by atoms with Crippen LogP contribution in [0, 0.1) is 5.41 Å². The number of carbonyl (C=O) groups excluding carboxylic acids is 3. The molecule has 1 fully saturated rings. The first kappa shape index (κ1) is 21.4. The molecule has 2 N–H and O–H groups in total. The Bertz CT molecular complexity index is 766. The summed E-state index contributed by atoms with van der Waals surface area (Å²) in [5.41, 5.74) is -3.00. The SMILES string of the molecule is COC(=O)CSCC1=CC(SCC(=O)OC)C2(O)C(=O)[C@](C)(O)C3(C=C12)CC3. The Morgan fingerprint density at radius 1 is 1.18 bits per heavy atom. The lowest BCUT2D eigenvalue weighted by molar-refractivity contribution is -0.158. The zero-order valence-electron chi connectivity index (χ0n) is 16.0. The molecule has 0 aromatic heterocycles. The highest BCUT2D eigenvalue weighted by Crippen LogP contribution is 2.63. The Balaban J connectivity index is 1.91. The van der Waals surface area contributed by atoms with E-state index in [0.29, 0.717) is 24.2 Å². The van der Waals surface area contributed by atoms with Crippen molar-refractivity contribution >= 4 is 41.2 Å². The predicted molar refractivity (Wildman–Crippen MR) is 106 cm³/mol. The van der Waals surface area contributed by atoms with E-state index in [1.165, 1.54) is 32.9 Å². The van der Waals surface area contributed by atoms with E-state index in [-0.39, 0.29) is 17.5 Å². The fraction of sp³-hybridized carbons (Fsp3) is 0.632. The number of ketones is 1. The smallest absolute Gasteiger partial charge is 0.315 e. The molecule has 3 aliphatic carbocycles. The van der Waals surface area contributed by atoms with Gasteiger partial charge in [-0.1, -0.05) is 12.2 Å². The molecular weight excluding hydrogens is 404 g/mol. The van der Waals surface area contributed by atoms with E-state index in [1.54, 1.807) is 6.08 Å². The zero-order chi connectivity index (χ0) is 20.7. The van der Waals surface area contributed by atoms with Crippen LogP contribution < -0.4 is 0 Å². The van der Waals surface area contributed by atoms with Crippen LogP contribution in [0.15, 0.2) is 23.3 Å². The Morgan fingerprint density at radius 2 is 1.79 bits per heavy atom. The van der Waals surface area contributed by atoms with Gasteiger partial charge >= 0.3 is 11.9 Å². The number of esters is 2. The Hall–Kier alpha value is -1.29. The summed E-state index contributed by atoms with van der Waals surface area (Å²) in [6.45, 7) is 1.46. The van der Waals surface area contributed by atoms with E-state index in [4.69, 9.17) is 0 Å². The number of hydrogen-bond donors (Lipinski definition) is 2. The quantitative estimate of drug-likeness (QED) is 0.571. The zero-order valence-corrected chi connectivity index (χ0v) is 17.7. The standard InChI is InChI=1S/C19H24O7S2/c1-17(23)16(22)19(24)12(7-18(17)4-5-18)11(8-27-9-14(20)25-2)6-13(19)28-10-15(21)26-3/h6-7,13,23-24H,4-5,8-10H2,1-3H3/t13?,17-,19?/m0/s1. The number of methoxy groups -OCH3 is 2. The van der Waals surface area contributed by atoms with Crippen LogP contribution in [-0.4, -0.2) is 75.9 Å².